The van der Waals surface area contributed by atoms with Crippen molar-refractivity contribution in [1.82, 2.24) is 0 Å². The van der Waals surface area contributed by atoms with Crippen molar-refractivity contribution >= 4 is 23.2 Å². The predicted octanol–water partition coefficient (Wildman–Crippen LogP) is 8.24. The van der Waals surface area contributed by atoms with Gasteiger partial charge in [0.25, 0.3) is 0 Å². The van der Waals surface area contributed by atoms with Gasteiger partial charge in [-0.3, -0.25) is 0 Å². The lowest BCUT2D eigenvalue weighted by atomic mass is 9.86. The second kappa shape index (κ2) is 14.5. The smallest absolute Gasteiger partial charge is 0.199 e. The van der Waals surface area contributed by atoms with E-state index >= 15 is 0 Å². The highest BCUT2D eigenvalue weighted by molar-refractivity contribution is 7.93. The van der Waals surface area contributed by atoms with E-state index in [9.17, 15) is 0 Å². The molecule has 228 valence electrons. The third-order valence-corrected chi connectivity index (χ3v) is 8.36. The second-order valence-corrected chi connectivity index (χ2v) is 11.5. The van der Waals surface area contributed by atoms with E-state index in [1.165, 1.54) is 12.0 Å². The molecule has 6 rings (SSSR count). The van der Waals surface area contributed by atoms with Crippen LogP contribution in [0.5, 0.6) is 23.0 Å². The van der Waals surface area contributed by atoms with E-state index in [1.54, 1.807) is 0 Å². The fraction of sp³-hybridized carbons (Fsp3) is 0.429. The van der Waals surface area contributed by atoms with Crippen molar-refractivity contribution in [2.45, 2.75) is 64.1 Å². The molecule has 8 heteroatoms. The number of fused-ring (bicyclic) bond motifs is 1. The zero-order valence-corrected chi connectivity index (χ0v) is 25.7. The highest BCUT2D eigenvalue weighted by atomic mass is 32.2. The molecule has 2 saturated heterocycles. The zero-order chi connectivity index (χ0) is 29.4. The molecule has 3 aliphatic rings. The Hall–Kier alpha value is -3.17. The Bertz CT molecular complexity index is 1380. The van der Waals surface area contributed by atoms with Crippen LogP contribution in [0.4, 0.5) is 0 Å². The van der Waals surface area contributed by atoms with Gasteiger partial charge in [0, 0.05) is 30.2 Å². The molecule has 43 heavy (non-hydrogen) atoms. The van der Waals surface area contributed by atoms with Crippen LogP contribution in [0.2, 0.25) is 0 Å². The minimum atomic E-state index is -0.323. The summed E-state index contributed by atoms with van der Waals surface area (Å²) in [6.45, 7) is 4.66. The predicted molar refractivity (Wildman–Crippen MR) is 169 cm³/mol. The second-order valence-electron chi connectivity index (χ2n) is 11.0. The number of benzene rings is 3. The lowest BCUT2D eigenvalue weighted by molar-refractivity contribution is -0.106. The summed E-state index contributed by atoms with van der Waals surface area (Å²) in [7, 11) is 0. The summed E-state index contributed by atoms with van der Waals surface area (Å²) in [5, 5.41) is 0. The first-order valence-corrected chi connectivity index (χ1v) is 16.4. The summed E-state index contributed by atoms with van der Waals surface area (Å²) in [5.41, 5.74) is 5.29. The van der Waals surface area contributed by atoms with Crippen molar-refractivity contribution in [1.29, 1.82) is 0 Å². The van der Waals surface area contributed by atoms with Gasteiger partial charge in [-0.1, -0.05) is 24.3 Å². The van der Waals surface area contributed by atoms with Crippen LogP contribution in [0.1, 0.15) is 68.2 Å². The van der Waals surface area contributed by atoms with E-state index in [1.807, 2.05) is 42.7 Å². The van der Waals surface area contributed by atoms with Gasteiger partial charge in [-0.15, -0.1) is 0 Å². The van der Waals surface area contributed by atoms with Crippen LogP contribution in [0.3, 0.4) is 0 Å². The molecule has 3 atom stereocenters. The summed E-state index contributed by atoms with van der Waals surface area (Å²) < 4.78 is 42.1. The van der Waals surface area contributed by atoms with Crippen molar-refractivity contribution in [3.63, 3.8) is 0 Å². The Morgan fingerprint density at radius 2 is 1.47 bits per heavy atom. The quantitative estimate of drug-likeness (QED) is 0.160. The fourth-order valence-corrected chi connectivity index (χ4v) is 6.01. The lowest BCUT2D eigenvalue weighted by Gasteiger charge is -2.32. The van der Waals surface area contributed by atoms with Crippen molar-refractivity contribution in [3.05, 3.63) is 83.4 Å². The Morgan fingerprint density at radius 1 is 0.767 bits per heavy atom. The molecule has 0 bridgehead atoms. The van der Waals surface area contributed by atoms with E-state index < -0.39 is 0 Å². The molecule has 3 heterocycles. The molecule has 0 aliphatic carbocycles. The largest absolute Gasteiger partial charge is 0.491 e. The molecule has 0 aromatic heterocycles. The first-order valence-electron chi connectivity index (χ1n) is 15.2. The summed E-state index contributed by atoms with van der Waals surface area (Å²) >= 11 is 1.34. The molecule has 0 radical (unpaired) electrons. The van der Waals surface area contributed by atoms with Crippen LogP contribution in [0.15, 0.2) is 66.7 Å². The van der Waals surface area contributed by atoms with Crippen LogP contribution >= 0.6 is 12.0 Å². The van der Waals surface area contributed by atoms with E-state index in [0.29, 0.717) is 13.2 Å². The SMILES string of the molecule is CSOCCOc1ccc(C2Oc3ccc(OC4CCCCO4)cc3C(C)=C2c2cccc(OC3CCCCO3)c2)cc1. The average molecular weight is 605 g/mol. The van der Waals surface area contributed by atoms with Crippen molar-refractivity contribution < 1.29 is 32.6 Å². The standard InChI is InChI=1S/C35H40O7S/c1-24-30-23-29(41-33-11-4-6-19-38-33)16-17-31(30)42-35(25-12-14-27(15-13-25)36-20-21-39-43-2)34(24)26-8-7-9-28(22-26)40-32-10-3-5-18-37-32/h7-9,12-17,22-23,32-33,35H,3-6,10-11,18-21H2,1-2H3. The van der Waals surface area contributed by atoms with Gasteiger partial charge < -0.3 is 32.6 Å². The zero-order valence-electron chi connectivity index (χ0n) is 24.9. The molecule has 0 N–H and O–H groups in total. The molecular weight excluding hydrogens is 564 g/mol. The van der Waals surface area contributed by atoms with Gasteiger partial charge in [0.05, 0.1) is 19.8 Å². The van der Waals surface area contributed by atoms with Crippen LogP contribution in [-0.4, -0.2) is 45.3 Å². The third-order valence-electron chi connectivity index (χ3n) is 7.96. The molecule has 3 aromatic carbocycles. The maximum atomic E-state index is 6.77. The fourth-order valence-electron chi connectivity index (χ4n) is 5.77. The van der Waals surface area contributed by atoms with Crippen molar-refractivity contribution in [2.24, 2.45) is 0 Å². The minimum Gasteiger partial charge on any atom is -0.491 e. The number of rotatable bonds is 11. The first kappa shape index (κ1) is 29.9. The minimum absolute atomic E-state index is 0.211. The molecule has 3 aromatic rings. The molecule has 0 spiro atoms. The number of ether oxygens (including phenoxy) is 6. The Balaban J connectivity index is 1.32. The average Bonchev–Trinajstić information content (AvgIpc) is 3.05. The normalized spacial score (nSPS) is 22.0. The van der Waals surface area contributed by atoms with Crippen LogP contribution in [-0.2, 0) is 13.7 Å². The van der Waals surface area contributed by atoms with E-state index in [4.69, 9.17) is 32.6 Å². The summed E-state index contributed by atoms with van der Waals surface area (Å²) in [4.78, 5) is 0. The molecular formula is C35H40O7S. The maximum absolute atomic E-state index is 6.77. The van der Waals surface area contributed by atoms with Gasteiger partial charge in [-0.05, 0) is 104 Å². The molecule has 3 unspecified atom stereocenters. The number of hydrogen-bond donors (Lipinski definition) is 0. The lowest BCUT2D eigenvalue weighted by Crippen LogP contribution is -2.25. The molecule has 0 amide bonds. The van der Waals surface area contributed by atoms with Gasteiger partial charge in [-0.25, -0.2) is 0 Å². The van der Waals surface area contributed by atoms with Crippen molar-refractivity contribution in [2.75, 3.05) is 32.7 Å². The summed E-state index contributed by atoms with van der Waals surface area (Å²) in [6.07, 6.45) is 7.34. The van der Waals surface area contributed by atoms with Gasteiger partial charge in [0.1, 0.15) is 35.7 Å². The summed E-state index contributed by atoms with van der Waals surface area (Å²) in [5.74, 6) is 3.18. The van der Waals surface area contributed by atoms with Crippen LogP contribution < -0.4 is 18.9 Å². The molecule has 7 nitrogen and oxygen atoms in total. The Labute approximate surface area is 258 Å². The summed E-state index contributed by atoms with van der Waals surface area (Å²) in [6, 6.07) is 22.4. The first-order chi connectivity index (χ1) is 21.2. The van der Waals surface area contributed by atoms with Gasteiger partial charge in [-0.2, -0.15) is 0 Å². The van der Waals surface area contributed by atoms with Gasteiger partial charge >= 0.3 is 0 Å². The monoisotopic (exact) mass is 604 g/mol. The highest BCUT2D eigenvalue weighted by Gasteiger charge is 2.30. The maximum Gasteiger partial charge on any atom is 0.199 e. The Morgan fingerprint density at radius 3 is 2.14 bits per heavy atom. The topological polar surface area (TPSA) is 64.6 Å². The van der Waals surface area contributed by atoms with Crippen LogP contribution in [0.25, 0.3) is 11.1 Å². The van der Waals surface area contributed by atoms with E-state index in [2.05, 4.69) is 37.3 Å². The number of allylic oxidation sites excluding steroid dienone is 1. The van der Waals surface area contributed by atoms with E-state index in [0.717, 1.165) is 103 Å². The van der Waals surface area contributed by atoms with Crippen molar-refractivity contribution in [3.8, 4) is 23.0 Å². The van der Waals surface area contributed by atoms with Gasteiger partial charge in [0.15, 0.2) is 12.6 Å². The van der Waals surface area contributed by atoms with Crippen LogP contribution in [0, 0.1) is 0 Å². The molecule has 2 fully saturated rings. The third kappa shape index (κ3) is 7.50. The highest BCUT2D eigenvalue weighted by Crippen LogP contribution is 2.48. The molecule has 0 saturated carbocycles. The molecule has 3 aliphatic heterocycles. The number of hydrogen-bond acceptors (Lipinski definition) is 8. The van der Waals surface area contributed by atoms with E-state index in [-0.39, 0.29) is 18.7 Å². The Kier molecular flexibility index (Phi) is 10.1. The van der Waals surface area contributed by atoms with Gasteiger partial charge in [0.2, 0.25) is 0 Å².